The van der Waals surface area contributed by atoms with Crippen molar-refractivity contribution in [3.63, 3.8) is 0 Å². The van der Waals surface area contributed by atoms with Gasteiger partial charge in [-0.3, -0.25) is 0 Å². The molecule has 2 unspecified atom stereocenters. The average molecular weight is 352 g/mol. The van der Waals surface area contributed by atoms with Gasteiger partial charge in [-0.25, -0.2) is 13.1 Å². The molecule has 0 spiro atoms. The third-order valence-electron chi connectivity index (χ3n) is 5.40. The number of nitrogens with one attached hydrogen (secondary N) is 1. The van der Waals surface area contributed by atoms with Crippen molar-refractivity contribution in [1.29, 1.82) is 0 Å². The van der Waals surface area contributed by atoms with E-state index in [2.05, 4.69) is 9.62 Å². The monoisotopic (exact) mass is 351 g/mol. The summed E-state index contributed by atoms with van der Waals surface area (Å²) in [6.07, 6.45) is 5.23. The van der Waals surface area contributed by atoms with Crippen molar-refractivity contribution in [2.24, 2.45) is 17.6 Å². The lowest BCUT2D eigenvalue weighted by Crippen LogP contribution is -2.53. The quantitative estimate of drug-likeness (QED) is 0.850. The minimum Gasteiger partial charge on any atom is -0.328 e. The summed E-state index contributed by atoms with van der Waals surface area (Å²) in [5, 5.41) is 0. The maximum absolute atomic E-state index is 12.8. The fourth-order valence-corrected chi connectivity index (χ4v) is 5.74. The van der Waals surface area contributed by atoms with Crippen LogP contribution >= 0.6 is 0 Å². The molecule has 0 heterocycles. The van der Waals surface area contributed by atoms with Crippen LogP contribution in [0.4, 0.5) is 0 Å². The van der Waals surface area contributed by atoms with E-state index in [1.807, 2.05) is 26.2 Å². The SMILES string of the molecule is CN(C)Cc1ccc(S(=O)(=O)NC2C3CCCC2CC(N)C3)cc1. The molecule has 0 aliphatic heterocycles. The van der Waals surface area contributed by atoms with E-state index in [9.17, 15) is 8.42 Å². The Morgan fingerprint density at radius 2 is 1.71 bits per heavy atom. The molecule has 6 heteroatoms. The molecule has 5 nitrogen and oxygen atoms in total. The maximum Gasteiger partial charge on any atom is 0.240 e. The van der Waals surface area contributed by atoms with E-state index in [-0.39, 0.29) is 12.1 Å². The molecule has 3 N–H and O–H groups in total. The van der Waals surface area contributed by atoms with Gasteiger partial charge in [-0.2, -0.15) is 0 Å². The molecule has 1 aromatic carbocycles. The Hall–Kier alpha value is -0.950. The Morgan fingerprint density at radius 3 is 2.25 bits per heavy atom. The van der Waals surface area contributed by atoms with Crippen LogP contribution in [0.15, 0.2) is 29.2 Å². The van der Waals surface area contributed by atoms with Crippen LogP contribution in [0, 0.1) is 11.8 Å². The van der Waals surface area contributed by atoms with Crippen molar-refractivity contribution in [3.8, 4) is 0 Å². The summed E-state index contributed by atoms with van der Waals surface area (Å²) in [4.78, 5) is 2.42. The molecule has 2 aliphatic carbocycles. The van der Waals surface area contributed by atoms with Crippen molar-refractivity contribution in [2.45, 2.75) is 55.6 Å². The lowest BCUT2D eigenvalue weighted by Gasteiger charge is -2.45. The molecule has 2 saturated carbocycles. The molecule has 0 saturated heterocycles. The summed E-state index contributed by atoms with van der Waals surface area (Å²) in [7, 11) is 0.528. The van der Waals surface area contributed by atoms with Crippen LogP contribution in [0.3, 0.4) is 0 Å². The number of rotatable bonds is 5. The third-order valence-corrected chi connectivity index (χ3v) is 6.88. The van der Waals surface area contributed by atoms with E-state index < -0.39 is 10.0 Å². The summed E-state index contributed by atoms with van der Waals surface area (Å²) in [6.45, 7) is 0.804. The van der Waals surface area contributed by atoms with Gasteiger partial charge < -0.3 is 10.6 Å². The third kappa shape index (κ3) is 3.99. The highest BCUT2D eigenvalue weighted by molar-refractivity contribution is 7.89. The van der Waals surface area contributed by atoms with E-state index >= 15 is 0 Å². The van der Waals surface area contributed by atoms with Crippen LogP contribution in [0.25, 0.3) is 0 Å². The summed E-state index contributed by atoms with van der Waals surface area (Å²) < 4.78 is 28.6. The number of fused-ring (bicyclic) bond motifs is 2. The summed E-state index contributed by atoms with van der Waals surface area (Å²) in [6, 6.07) is 7.49. The van der Waals surface area contributed by atoms with Crippen LogP contribution in [-0.2, 0) is 16.6 Å². The lowest BCUT2D eigenvalue weighted by atomic mass is 9.67. The zero-order valence-electron chi connectivity index (χ0n) is 14.6. The Labute approximate surface area is 145 Å². The first kappa shape index (κ1) is 17.9. The fourth-order valence-electron chi connectivity index (χ4n) is 4.37. The van der Waals surface area contributed by atoms with Crippen molar-refractivity contribution in [3.05, 3.63) is 29.8 Å². The first-order valence-electron chi connectivity index (χ1n) is 8.87. The molecule has 2 fully saturated rings. The van der Waals surface area contributed by atoms with Crippen LogP contribution in [0.2, 0.25) is 0 Å². The zero-order chi connectivity index (χ0) is 17.3. The minimum absolute atomic E-state index is 0.0463. The van der Waals surface area contributed by atoms with Gasteiger partial charge >= 0.3 is 0 Å². The number of benzene rings is 1. The number of hydrogen-bond acceptors (Lipinski definition) is 4. The second-order valence-electron chi connectivity index (χ2n) is 7.71. The van der Waals surface area contributed by atoms with E-state index in [0.29, 0.717) is 16.7 Å². The van der Waals surface area contributed by atoms with Gasteiger partial charge in [0.25, 0.3) is 0 Å². The Kier molecular flexibility index (Phi) is 5.30. The first-order chi connectivity index (χ1) is 11.3. The standard InChI is InChI=1S/C18H29N3O2S/c1-21(2)12-13-6-8-17(9-7-13)24(22,23)20-18-14-4-3-5-15(18)11-16(19)10-14/h6-9,14-16,18,20H,3-5,10-12,19H2,1-2H3. The first-order valence-corrected chi connectivity index (χ1v) is 10.3. The van der Waals surface area contributed by atoms with Crippen molar-refractivity contribution in [2.75, 3.05) is 14.1 Å². The molecular weight excluding hydrogens is 322 g/mol. The van der Waals surface area contributed by atoms with Gasteiger partial charge in [0.2, 0.25) is 10.0 Å². The molecule has 3 rings (SSSR count). The Balaban J connectivity index is 1.74. The molecule has 2 aliphatic rings. The highest BCUT2D eigenvalue weighted by Crippen LogP contribution is 2.40. The second-order valence-corrected chi connectivity index (χ2v) is 9.43. The van der Waals surface area contributed by atoms with Gasteiger partial charge in [-0.05, 0) is 69.3 Å². The van der Waals surface area contributed by atoms with Gasteiger partial charge in [-0.15, -0.1) is 0 Å². The van der Waals surface area contributed by atoms with Crippen LogP contribution in [0.5, 0.6) is 0 Å². The second kappa shape index (κ2) is 7.12. The van der Waals surface area contributed by atoms with Gasteiger partial charge in [0.15, 0.2) is 0 Å². The zero-order valence-corrected chi connectivity index (χ0v) is 15.4. The van der Waals surface area contributed by atoms with Crippen LogP contribution in [0.1, 0.15) is 37.7 Å². The Bertz CT molecular complexity index is 643. The molecule has 2 atom stereocenters. The number of sulfonamides is 1. The van der Waals surface area contributed by atoms with E-state index in [1.54, 1.807) is 12.1 Å². The highest BCUT2D eigenvalue weighted by Gasteiger charge is 2.41. The van der Waals surface area contributed by atoms with Crippen molar-refractivity contribution < 1.29 is 8.42 Å². The summed E-state index contributed by atoms with van der Waals surface area (Å²) >= 11 is 0. The van der Waals surface area contributed by atoms with Gasteiger partial charge in [0.05, 0.1) is 4.90 Å². The normalized spacial score (nSPS) is 30.5. The molecule has 1 aromatic rings. The number of nitrogens with zero attached hydrogens (tertiary/aromatic N) is 1. The average Bonchev–Trinajstić information content (AvgIpc) is 2.48. The number of hydrogen-bond donors (Lipinski definition) is 2. The Morgan fingerprint density at radius 1 is 1.12 bits per heavy atom. The van der Waals surface area contributed by atoms with Gasteiger partial charge in [0.1, 0.15) is 0 Å². The number of nitrogens with two attached hydrogens (primary N) is 1. The summed E-state index contributed by atoms with van der Waals surface area (Å²) in [5.41, 5.74) is 7.25. The minimum atomic E-state index is -3.47. The predicted molar refractivity (Wildman–Crippen MR) is 96.0 cm³/mol. The van der Waals surface area contributed by atoms with Gasteiger partial charge in [0, 0.05) is 18.6 Å². The summed E-state index contributed by atoms with van der Waals surface area (Å²) in [5.74, 6) is 0.769. The van der Waals surface area contributed by atoms with Crippen LogP contribution < -0.4 is 10.5 Å². The van der Waals surface area contributed by atoms with Crippen LogP contribution in [-0.4, -0.2) is 39.5 Å². The predicted octanol–water partition coefficient (Wildman–Crippen LogP) is 1.93. The fraction of sp³-hybridized carbons (Fsp3) is 0.667. The molecule has 0 radical (unpaired) electrons. The van der Waals surface area contributed by atoms with Crippen molar-refractivity contribution in [1.82, 2.24) is 9.62 Å². The lowest BCUT2D eigenvalue weighted by molar-refractivity contribution is 0.125. The molecule has 134 valence electrons. The van der Waals surface area contributed by atoms with Gasteiger partial charge in [-0.1, -0.05) is 18.6 Å². The highest BCUT2D eigenvalue weighted by atomic mass is 32.2. The maximum atomic E-state index is 12.8. The van der Waals surface area contributed by atoms with Crippen molar-refractivity contribution >= 4 is 10.0 Å². The molecule has 0 amide bonds. The van der Waals surface area contributed by atoms with E-state index in [4.69, 9.17) is 5.73 Å². The molecule has 2 bridgehead atoms. The molecule has 24 heavy (non-hydrogen) atoms. The topological polar surface area (TPSA) is 75.4 Å². The largest absolute Gasteiger partial charge is 0.328 e. The van der Waals surface area contributed by atoms with E-state index in [1.165, 1.54) is 6.42 Å². The van der Waals surface area contributed by atoms with E-state index in [0.717, 1.165) is 37.8 Å². The molecule has 0 aromatic heterocycles. The molecular formula is C18H29N3O2S. The smallest absolute Gasteiger partial charge is 0.240 e.